The second-order valence-electron chi connectivity index (χ2n) is 5.95. The smallest absolute Gasteiger partial charge is 0.337 e. The molecule has 2 aromatic carbocycles. The Labute approximate surface area is 161 Å². The summed E-state index contributed by atoms with van der Waals surface area (Å²) in [5, 5.41) is 3.26. The fourth-order valence-electron chi connectivity index (χ4n) is 2.79. The molecule has 3 rings (SSSR count). The quantitative estimate of drug-likeness (QED) is 0.800. The highest BCUT2D eigenvalue weighted by atomic mass is 35.5. The highest BCUT2D eigenvalue weighted by Gasteiger charge is 2.30. The van der Waals surface area contributed by atoms with Crippen molar-refractivity contribution in [2.75, 3.05) is 37.0 Å². The van der Waals surface area contributed by atoms with Crippen LogP contribution in [0.1, 0.15) is 10.4 Å². The minimum Gasteiger partial charge on any atom is -0.465 e. The largest absolute Gasteiger partial charge is 0.465 e. The Morgan fingerprint density at radius 3 is 2.56 bits per heavy atom. The number of nitrogens with zero attached hydrogens (tertiary/aromatic N) is 2. The number of nitrogens with one attached hydrogen (secondary N) is 1. The minimum atomic E-state index is -0.448. The van der Waals surface area contributed by atoms with E-state index in [0.29, 0.717) is 35.1 Å². The van der Waals surface area contributed by atoms with Gasteiger partial charge >= 0.3 is 12.0 Å². The summed E-state index contributed by atoms with van der Waals surface area (Å²) in [6.45, 7) is 0.870. The first-order valence-corrected chi connectivity index (χ1v) is 8.66. The van der Waals surface area contributed by atoms with Crippen molar-refractivity contribution < 1.29 is 19.1 Å². The van der Waals surface area contributed by atoms with Gasteiger partial charge in [0.1, 0.15) is 6.54 Å². The molecule has 0 spiro atoms. The number of ether oxygens (including phenoxy) is 1. The van der Waals surface area contributed by atoms with E-state index in [-0.39, 0.29) is 18.5 Å². The standard InChI is InChI=1S/C19H18ClN3O4/c1-27-18(25)13-5-7-15(8-6-13)21-17(24)12-22-9-10-23(19(22)26)16-4-2-3-14(20)11-16/h2-8,11H,9-10,12H2,1H3,(H,21,24). The van der Waals surface area contributed by atoms with Crippen molar-refractivity contribution in [2.24, 2.45) is 0 Å². The van der Waals surface area contributed by atoms with E-state index in [2.05, 4.69) is 10.1 Å². The molecule has 0 atom stereocenters. The summed E-state index contributed by atoms with van der Waals surface area (Å²) in [5.41, 5.74) is 1.63. The van der Waals surface area contributed by atoms with Gasteiger partial charge in [-0.25, -0.2) is 9.59 Å². The molecule has 1 heterocycles. The maximum atomic E-state index is 12.5. The number of halogens is 1. The lowest BCUT2D eigenvalue weighted by molar-refractivity contribution is -0.116. The maximum Gasteiger partial charge on any atom is 0.337 e. The molecule has 2 aromatic rings. The summed E-state index contributed by atoms with van der Waals surface area (Å²) in [4.78, 5) is 39.3. The molecule has 3 amide bonds. The number of esters is 1. The fourth-order valence-corrected chi connectivity index (χ4v) is 2.98. The van der Waals surface area contributed by atoms with Crippen molar-refractivity contribution >= 4 is 40.9 Å². The highest BCUT2D eigenvalue weighted by molar-refractivity contribution is 6.30. The lowest BCUT2D eigenvalue weighted by atomic mass is 10.2. The highest BCUT2D eigenvalue weighted by Crippen LogP contribution is 2.23. The summed E-state index contributed by atoms with van der Waals surface area (Å²) < 4.78 is 4.63. The molecule has 1 N–H and O–H groups in total. The number of anilines is 2. The molecule has 7 nitrogen and oxygen atoms in total. The molecule has 0 aromatic heterocycles. The zero-order valence-corrected chi connectivity index (χ0v) is 15.4. The van der Waals surface area contributed by atoms with Crippen LogP contribution in [0, 0.1) is 0 Å². The molecule has 0 radical (unpaired) electrons. The number of benzene rings is 2. The molecule has 27 heavy (non-hydrogen) atoms. The summed E-state index contributed by atoms with van der Waals surface area (Å²) in [6.07, 6.45) is 0. The Bertz CT molecular complexity index is 870. The van der Waals surface area contributed by atoms with Crippen molar-refractivity contribution in [3.05, 3.63) is 59.1 Å². The van der Waals surface area contributed by atoms with E-state index in [1.807, 2.05) is 0 Å². The SMILES string of the molecule is COC(=O)c1ccc(NC(=O)CN2CCN(c3cccc(Cl)c3)C2=O)cc1. The molecule has 8 heteroatoms. The van der Waals surface area contributed by atoms with Gasteiger partial charge < -0.3 is 15.0 Å². The Kier molecular flexibility index (Phi) is 5.61. The molecule has 1 aliphatic rings. The third-order valence-electron chi connectivity index (χ3n) is 4.14. The summed E-state index contributed by atoms with van der Waals surface area (Å²) in [7, 11) is 1.30. The Morgan fingerprint density at radius 2 is 1.89 bits per heavy atom. The van der Waals surface area contributed by atoms with Crippen LogP contribution in [-0.2, 0) is 9.53 Å². The maximum absolute atomic E-state index is 12.5. The zero-order chi connectivity index (χ0) is 19.4. The van der Waals surface area contributed by atoms with Crippen molar-refractivity contribution in [3.8, 4) is 0 Å². The first-order valence-electron chi connectivity index (χ1n) is 8.28. The van der Waals surface area contributed by atoms with Gasteiger partial charge in [-0.3, -0.25) is 9.69 Å². The molecular weight excluding hydrogens is 370 g/mol. The Hall–Kier alpha value is -3.06. The number of methoxy groups -OCH3 is 1. The molecule has 0 aliphatic carbocycles. The Balaban J connectivity index is 1.58. The predicted octanol–water partition coefficient (Wildman–Crippen LogP) is 3.01. The minimum absolute atomic E-state index is 0.0609. The van der Waals surface area contributed by atoms with Crippen LogP contribution < -0.4 is 10.2 Å². The molecule has 0 bridgehead atoms. The van der Waals surface area contributed by atoms with Gasteiger partial charge in [0.05, 0.1) is 12.7 Å². The second-order valence-corrected chi connectivity index (χ2v) is 6.39. The number of rotatable bonds is 5. The monoisotopic (exact) mass is 387 g/mol. The van der Waals surface area contributed by atoms with Crippen molar-refractivity contribution in [3.63, 3.8) is 0 Å². The topological polar surface area (TPSA) is 79.0 Å². The van der Waals surface area contributed by atoms with Gasteiger partial charge in [0.2, 0.25) is 5.91 Å². The molecular formula is C19H18ClN3O4. The van der Waals surface area contributed by atoms with Gasteiger partial charge in [-0.15, -0.1) is 0 Å². The zero-order valence-electron chi connectivity index (χ0n) is 14.6. The van der Waals surface area contributed by atoms with Crippen LogP contribution in [0.2, 0.25) is 5.02 Å². The van der Waals surface area contributed by atoms with Gasteiger partial charge in [0, 0.05) is 29.5 Å². The van der Waals surface area contributed by atoms with Crippen molar-refractivity contribution in [1.82, 2.24) is 4.90 Å². The predicted molar refractivity (Wildman–Crippen MR) is 102 cm³/mol. The summed E-state index contributed by atoms with van der Waals surface area (Å²) in [6, 6.07) is 13.1. The van der Waals surface area contributed by atoms with E-state index >= 15 is 0 Å². The van der Waals surface area contributed by atoms with Gasteiger partial charge in [-0.1, -0.05) is 17.7 Å². The average molecular weight is 388 g/mol. The summed E-state index contributed by atoms with van der Waals surface area (Å²) >= 11 is 5.98. The number of hydrogen-bond acceptors (Lipinski definition) is 4. The first-order chi connectivity index (χ1) is 13.0. The lowest BCUT2D eigenvalue weighted by Crippen LogP contribution is -2.37. The third-order valence-corrected chi connectivity index (χ3v) is 4.37. The molecule has 1 aliphatic heterocycles. The fraction of sp³-hybridized carbons (Fsp3) is 0.211. The van der Waals surface area contributed by atoms with Crippen LogP contribution >= 0.6 is 11.6 Å². The van der Waals surface area contributed by atoms with Gasteiger partial charge in [-0.2, -0.15) is 0 Å². The molecule has 0 unspecified atom stereocenters. The van der Waals surface area contributed by atoms with Crippen molar-refractivity contribution in [2.45, 2.75) is 0 Å². The number of urea groups is 1. The lowest BCUT2D eigenvalue weighted by Gasteiger charge is -2.18. The van der Waals surface area contributed by atoms with Crippen LogP contribution in [0.3, 0.4) is 0 Å². The van der Waals surface area contributed by atoms with Crippen molar-refractivity contribution in [1.29, 1.82) is 0 Å². The molecule has 140 valence electrons. The number of amides is 3. The molecule has 0 saturated carbocycles. The van der Waals surface area contributed by atoms with Crippen LogP contribution in [0.15, 0.2) is 48.5 Å². The summed E-state index contributed by atoms with van der Waals surface area (Å²) in [5.74, 6) is -0.765. The van der Waals surface area contributed by atoms with E-state index in [1.54, 1.807) is 53.4 Å². The van der Waals surface area contributed by atoms with Crippen LogP contribution in [0.5, 0.6) is 0 Å². The third kappa shape index (κ3) is 4.38. The van der Waals surface area contributed by atoms with E-state index in [4.69, 9.17) is 11.6 Å². The average Bonchev–Trinajstić information content (AvgIpc) is 3.02. The number of hydrogen-bond donors (Lipinski definition) is 1. The van der Waals surface area contributed by atoms with E-state index in [1.165, 1.54) is 12.0 Å². The Morgan fingerprint density at radius 1 is 1.15 bits per heavy atom. The van der Waals surface area contributed by atoms with E-state index in [0.717, 1.165) is 0 Å². The second kappa shape index (κ2) is 8.09. The normalized spacial score (nSPS) is 13.6. The van der Waals surface area contributed by atoms with Gasteiger partial charge in [0.25, 0.3) is 0 Å². The van der Waals surface area contributed by atoms with Crippen LogP contribution in [0.4, 0.5) is 16.2 Å². The van der Waals surface area contributed by atoms with Crippen LogP contribution in [0.25, 0.3) is 0 Å². The number of carbonyl (C=O) groups excluding carboxylic acids is 3. The molecule has 1 fully saturated rings. The van der Waals surface area contributed by atoms with Crippen LogP contribution in [-0.4, -0.2) is 49.6 Å². The van der Waals surface area contributed by atoms with Gasteiger partial charge in [-0.05, 0) is 42.5 Å². The molecule has 1 saturated heterocycles. The first kappa shape index (κ1) is 18.7. The van der Waals surface area contributed by atoms with Gasteiger partial charge in [0.15, 0.2) is 0 Å². The van der Waals surface area contributed by atoms with E-state index in [9.17, 15) is 14.4 Å². The number of carbonyl (C=O) groups is 3. The van der Waals surface area contributed by atoms with E-state index < -0.39 is 5.97 Å².